The number of aromatic nitrogens is 2. The number of halogens is 1. The van der Waals surface area contributed by atoms with Crippen molar-refractivity contribution in [2.75, 3.05) is 13.7 Å². The smallest absolute Gasteiger partial charge is 0.254 e. The molecular weight excluding hydrogens is 378 g/mol. The molecule has 1 aliphatic heterocycles. The number of phenols is 1. The number of benzene rings is 2. The van der Waals surface area contributed by atoms with Crippen molar-refractivity contribution >= 4 is 11.6 Å². The van der Waals surface area contributed by atoms with E-state index in [0.29, 0.717) is 42.7 Å². The number of aromatic hydroxyl groups is 1. The van der Waals surface area contributed by atoms with Gasteiger partial charge in [0.15, 0.2) is 0 Å². The third kappa shape index (κ3) is 3.74. The largest absolute Gasteiger partial charge is 0.508 e. The molecule has 4 rings (SSSR count). The lowest BCUT2D eigenvalue weighted by Gasteiger charge is -2.28. The Kier molecular flexibility index (Phi) is 5.07. The fraction of sp³-hybridized carbons (Fsp3) is 0.238. The number of nitrogens with one attached hydrogen (secondary N) is 1. The van der Waals surface area contributed by atoms with Crippen LogP contribution in [0.15, 0.2) is 47.3 Å². The second-order valence-electron chi connectivity index (χ2n) is 6.80. The molecular formula is C21H20ClN3O3. The van der Waals surface area contributed by atoms with E-state index in [2.05, 4.69) is 9.88 Å². The highest BCUT2D eigenvalue weighted by Gasteiger charge is 2.22. The molecule has 0 aliphatic carbocycles. The van der Waals surface area contributed by atoms with Crippen molar-refractivity contribution in [1.82, 2.24) is 14.9 Å². The monoisotopic (exact) mass is 397 g/mol. The molecule has 3 aromatic rings. The number of nitrogens with zero attached hydrogens (tertiary/aromatic N) is 2. The van der Waals surface area contributed by atoms with E-state index in [-0.39, 0.29) is 11.3 Å². The third-order valence-corrected chi connectivity index (χ3v) is 5.20. The predicted octanol–water partition coefficient (Wildman–Crippen LogP) is 3.36. The van der Waals surface area contributed by atoms with Gasteiger partial charge in [-0.25, -0.2) is 4.98 Å². The molecule has 7 heteroatoms. The number of aromatic amines is 1. The lowest BCUT2D eigenvalue weighted by Crippen LogP contribution is -2.35. The summed E-state index contributed by atoms with van der Waals surface area (Å²) in [5.74, 6) is 1.46. The first-order chi connectivity index (χ1) is 13.5. The van der Waals surface area contributed by atoms with Crippen molar-refractivity contribution in [3.8, 4) is 22.9 Å². The van der Waals surface area contributed by atoms with Gasteiger partial charge in [-0.05, 0) is 48.9 Å². The van der Waals surface area contributed by atoms with Gasteiger partial charge in [0.1, 0.15) is 17.3 Å². The predicted molar refractivity (Wildman–Crippen MR) is 108 cm³/mol. The van der Waals surface area contributed by atoms with Gasteiger partial charge < -0.3 is 14.8 Å². The van der Waals surface area contributed by atoms with Gasteiger partial charge in [0.05, 0.1) is 12.8 Å². The molecule has 2 N–H and O–H groups in total. The molecule has 2 aromatic carbocycles. The van der Waals surface area contributed by atoms with Gasteiger partial charge in [0.2, 0.25) is 0 Å². The topological polar surface area (TPSA) is 78.5 Å². The fourth-order valence-electron chi connectivity index (χ4n) is 3.43. The van der Waals surface area contributed by atoms with Crippen LogP contribution in [0.1, 0.15) is 16.8 Å². The Hall–Kier alpha value is -2.83. The van der Waals surface area contributed by atoms with Crippen molar-refractivity contribution in [2.24, 2.45) is 0 Å². The molecule has 0 unspecified atom stereocenters. The maximum Gasteiger partial charge on any atom is 0.254 e. The first-order valence-corrected chi connectivity index (χ1v) is 9.37. The Morgan fingerprint density at radius 2 is 2.04 bits per heavy atom. The highest BCUT2D eigenvalue weighted by atomic mass is 35.5. The number of phenolic OH excluding ortho intramolecular Hbond substituents is 1. The van der Waals surface area contributed by atoms with E-state index in [9.17, 15) is 9.90 Å². The average molecular weight is 398 g/mol. The Bertz CT molecular complexity index is 1060. The minimum absolute atomic E-state index is 0.0983. The summed E-state index contributed by atoms with van der Waals surface area (Å²) >= 11 is 5.95. The van der Waals surface area contributed by atoms with Crippen LogP contribution in [-0.2, 0) is 19.5 Å². The molecule has 1 aliphatic rings. The zero-order valence-electron chi connectivity index (χ0n) is 15.4. The molecule has 1 aromatic heterocycles. The summed E-state index contributed by atoms with van der Waals surface area (Å²) in [7, 11) is 1.60. The van der Waals surface area contributed by atoms with Crippen LogP contribution in [-0.4, -0.2) is 33.6 Å². The molecule has 0 bridgehead atoms. The Morgan fingerprint density at radius 1 is 1.25 bits per heavy atom. The fourth-order valence-corrected chi connectivity index (χ4v) is 3.56. The molecule has 0 saturated heterocycles. The van der Waals surface area contributed by atoms with Crippen molar-refractivity contribution in [2.45, 2.75) is 19.5 Å². The molecule has 144 valence electrons. The quantitative estimate of drug-likeness (QED) is 0.705. The number of hydrogen-bond donors (Lipinski definition) is 2. The maximum atomic E-state index is 12.5. The summed E-state index contributed by atoms with van der Waals surface area (Å²) in [6.07, 6.45) is 0.614. The third-order valence-electron chi connectivity index (χ3n) is 4.95. The zero-order chi connectivity index (χ0) is 19.7. The maximum absolute atomic E-state index is 12.5. The number of rotatable bonds is 4. The van der Waals surface area contributed by atoms with E-state index >= 15 is 0 Å². The molecule has 28 heavy (non-hydrogen) atoms. The Morgan fingerprint density at radius 3 is 2.79 bits per heavy atom. The highest BCUT2D eigenvalue weighted by Crippen LogP contribution is 2.26. The van der Waals surface area contributed by atoms with E-state index < -0.39 is 0 Å². The van der Waals surface area contributed by atoms with Crippen molar-refractivity contribution in [1.29, 1.82) is 0 Å². The summed E-state index contributed by atoms with van der Waals surface area (Å²) < 4.78 is 5.25. The lowest BCUT2D eigenvalue weighted by molar-refractivity contribution is 0.237. The van der Waals surface area contributed by atoms with E-state index in [0.717, 1.165) is 22.4 Å². The van der Waals surface area contributed by atoms with Gasteiger partial charge >= 0.3 is 0 Å². The molecule has 0 atom stereocenters. The second kappa shape index (κ2) is 7.66. The van der Waals surface area contributed by atoms with E-state index in [1.807, 2.05) is 18.2 Å². The van der Waals surface area contributed by atoms with Crippen LogP contribution in [0.3, 0.4) is 0 Å². The van der Waals surface area contributed by atoms with E-state index in [1.54, 1.807) is 31.4 Å². The van der Waals surface area contributed by atoms with Crippen molar-refractivity contribution < 1.29 is 9.84 Å². The van der Waals surface area contributed by atoms with E-state index in [1.165, 1.54) is 0 Å². The molecule has 0 spiro atoms. The first kappa shape index (κ1) is 18.5. The van der Waals surface area contributed by atoms with Gasteiger partial charge in [0, 0.05) is 41.3 Å². The summed E-state index contributed by atoms with van der Waals surface area (Å²) in [4.78, 5) is 22.3. The zero-order valence-corrected chi connectivity index (χ0v) is 16.2. The number of ether oxygens (including phenoxy) is 1. The number of hydrogen-bond acceptors (Lipinski definition) is 5. The first-order valence-electron chi connectivity index (χ1n) is 9.00. The minimum Gasteiger partial charge on any atom is -0.508 e. The van der Waals surface area contributed by atoms with Gasteiger partial charge in [-0.1, -0.05) is 11.6 Å². The molecule has 6 nitrogen and oxygen atoms in total. The van der Waals surface area contributed by atoms with Crippen LogP contribution in [0.25, 0.3) is 11.4 Å². The van der Waals surface area contributed by atoms with Crippen LogP contribution >= 0.6 is 11.6 Å². The van der Waals surface area contributed by atoms with Crippen LogP contribution in [0, 0.1) is 0 Å². The van der Waals surface area contributed by atoms with Gasteiger partial charge in [-0.15, -0.1) is 0 Å². The number of H-pyrrole nitrogens is 1. The minimum atomic E-state index is -0.0983. The molecule has 0 radical (unpaired) electrons. The summed E-state index contributed by atoms with van der Waals surface area (Å²) in [5.41, 5.74) is 2.99. The van der Waals surface area contributed by atoms with Crippen molar-refractivity contribution in [3.05, 3.63) is 74.7 Å². The van der Waals surface area contributed by atoms with Gasteiger partial charge in [-0.3, -0.25) is 9.69 Å². The molecule has 0 amide bonds. The second-order valence-corrected chi connectivity index (χ2v) is 7.24. The number of methoxy groups -OCH3 is 1. The van der Waals surface area contributed by atoms with Crippen molar-refractivity contribution in [3.63, 3.8) is 0 Å². The van der Waals surface area contributed by atoms with Gasteiger partial charge in [0.25, 0.3) is 5.56 Å². The van der Waals surface area contributed by atoms with Crippen LogP contribution in [0.2, 0.25) is 5.02 Å². The summed E-state index contributed by atoms with van der Waals surface area (Å²) in [6.45, 7) is 1.80. The Labute approximate surface area is 167 Å². The van der Waals surface area contributed by atoms with Crippen LogP contribution < -0.4 is 10.3 Å². The molecule has 0 saturated carbocycles. The average Bonchev–Trinajstić information content (AvgIpc) is 2.70. The number of fused-ring (bicyclic) bond motifs is 1. The van der Waals surface area contributed by atoms with Crippen LogP contribution in [0.5, 0.6) is 11.5 Å². The normalized spacial score (nSPS) is 13.9. The molecule has 2 heterocycles. The Balaban J connectivity index is 1.61. The van der Waals surface area contributed by atoms with E-state index in [4.69, 9.17) is 21.3 Å². The molecule has 0 fully saturated rings. The lowest BCUT2D eigenvalue weighted by atomic mass is 10.0. The SMILES string of the molecule is COc1ccc(O)c(CN2CCc3c(nc(-c4ccc(Cl)cc4)[nH]c3=O)C2)c1. The van der Waals surface area contributed by atoms with Gasteiger partial charge in [-0.2, -0.15) is 0 Å². The summed E-state index contributed by atoms with van der Waals surface area (Å²) in [5, 5.41) is 10.8. The highest BCUT2D eigenvalue weighted by molar-refractivity contribution is 6.30. The standard InChI is InChI=1S/C21H20ClN3O3/c1-28-16-6-7-19(26)14(10-16)11-25-9-8-17-18(12-25)23-20(24-21(17)27)13-2-4-15(22)5-3-13/h2-7,10,26H,8-9,11-12H2,1H3,(H,23,24,27). The van der Waals surface area contributed by atoms with Crippen LogP contribution in [0.4, 0.5) is 0 Å². The summed E-state index contributed by atoms with van der Waals surface area (Å²) in [6, 6.07) is 12.4.